The first kappa shape index (κ1) is 38.7. The van der Waals surface area contributed by atoms with Gasteiger partial charge in [0, 0.05) is 49.0 Å². The van der Waals surface area contributed by atoms with E-state index in [-0.39, 0.29) is 31.4 Å². The molecule has 284 valence electrons. The topological polar surface area (TPSA) is 120 Å². The molecule has 8 atom stereocenters. The first-order valence-electron chi connectivity index (χ1n) is 18.7. The number of halogens is 1. The Labute approximate surface area is 320 Å². The van der Waals surface area contributed by atoms with Gasteiger partial charge >= 0.3 is 5.97 Å². The second-order valence-electron chi connectivity index (χ2n) is 14.7. The van der Waals surface area contributed by atoms with Crippen molar-refractivity contribution in [1.29, 1.82) is 0 Å². The Morgan fingerprint density at radius 1 is 0.962 bits per heavy atom. The fourth-order valence-corrected chi connectivity index (χ4v) is 9.22. The van der Waals surface area contributed by atoms with Gasteiger partial charge in [-0.25, -0.2) is 0 Å². The van der Waals surface area contributed by atoms with Crippen LogP contribution in [0.25, 0.3) is 0 Å². The van der Waals surface area contributed by atoms with Crippen LogP contribution < -0.4 is 9.80 Å². The Morgan fingerprint density at radius 3 is 2.26 bits per heavy atom. The highest BCUT2D eigenvalue weighted by Gasteiger charge is 2.75. The largest absolute Gasteiger partial charge is 0.455 e. The van der Waals surface area contributed by atoms with Gasteiger partial charge in [-0.1, -0.05) is 72.3 Å². The summed E-state index contributed by atoms with van der Waals surface area (Å²) in [6, 6.07) is 14.5. The molecular weight excluding hydrogens is 740 g/mol. The summed E-state index contributed by atoms with van der Waals surface area (Å²) in [5, 5.41) is 10.8. The lowest BCUT2D eigenvalue weighted by Gasteiger charge is -2.40. The molecule has 3 amide bonds. The quantitative estimate of drug-likeness (QED) is 0.285. The number of aliphatic hydroxyl groups excluding tert-OH is 1. The van der Waals surface area contributed by atoms with Crippen LogP contribution in [0.1, 0.15) is 59.1 Å². The summed E-state index contributed by atoms with van der Waals surface area (Å²) in [6.45, 7) is 11.2. The molecule has 0 aliphatic carbocycles. The molecule has 4 heterocycles. The molecule has 2 saturated heterocycles. The number of likely N-dealkylation sites (N-methyl/N-ethyl adjacent to an activating group) is 1. The molecule has 11 nitrogen and oxygen atoms in total. The van der Waals surface area contributed by atoms with E-state index in [0.29, 0.717) is 22.2 Å². The third-order valence-corrected chi connectivity index (χ3v) is 12.2. The average Bonchev–Trinajstić information content (AvgIpc) is 3.75. The lowest BCUT2D eigenvalue weighted by Crippen LogP contribution is -2.59. The van der Waals surface area contributed by atoms with Gasteiger partial charge in [-0.3, -0.25) is 19.2 Å². The van der Waals surface area contributed by atoms with Gasteiger partial charge in [0.2, 0.25) is 11.8 Å². The molecular formula is C41H51BrN4O7. The van der Waals surface area contributed by atoms with Crippen molar-refractivity contribution in [2.45, 2.75) is 83.4 Å². The van der Waals surface area contributed by atoms with Crippen molar-refractivity contribution in [3.05, 3.63) is 82.9 Å². The monoisotopic (exact) mass is 790 g/mol. The number of ether oxygens (including phenoxy) is 2. The second-order valence-corrected chi connectivity index (χ2v) is 15.6. The Kier molecular flexibility index (Phi) is 11.5. The van der Waals surface area contributed by atoms with E-state index in [1.54, 1.807) is 22.9 Å². The number of rotatable bonds is 8. The molecule has 1 N–H and O–H groups in total. The molecule has 5 bridgehead atoms. The molecule has 2 aromatic carbocycles. The summed E-state index contributed by atoms with van der Waals surface area (Å²) in [5.74, 6) is -4.03. The van der Waals surface area contributed by atoms with Crippen molar-refractivity contribution >= 4 is 51.0 Å². The smallest absolute Gasteiger partial charge is 0.313 e. The first-order valence-corrected chi connectivity index (χ1v) is 19.5. The summed E-state index contributed by atoms with van der Waals surface area (Å²) in [7, 11) is 1.70. The van der Waals surface area contributed by atoms with Crippen LogP contribution in [0, 0.1) is 17.8 Å². The molecule has 0 saturated carbocycles. The number of aliphatic hydroxyl groups is 1. The van der Waals surface area contributed by atoms with E-state index >= 15 is 4.79 Å². The third-order valence-electron chi connectivity index (χ3n) is 11.5. The van der Waals surface area contributed by atoms with Crippen LogP contribution in [0.5, 0.6) is 0 Å². The van der Waals surface area contributed by atoms with Gasteiger partial charge in [0.15, 0.2) is 0 Å². The normalized spacial score (nSPS) is 30.4. The predicted octanol–water partition coefficient (Wildman–Crippen LogP) is 5.24. The molecule has 53 heavy (non-hydrogen) atoms. The van der Waals surface area contributed by atoms with Crippen molar-refractivity contribution in [2.24, 2.45) is 17.8 Å². The number of amides is 3. The van der Waals surface area contributed by atoms with Crippen molar-refractivity contribution in [1.82, 2.24) is 9.80 Å². The van der Waals surface area contributed by atoms with Gasteiger partial charge < -0.3 is 34.2 Å². The fourth-order valence-electron chi connectivity index (χ4n) is 8.49. The minimum Gasteiger partial charge on any atom is -0.455 e. The van der Waals surface area contributed by atoms with Crippen LogP contribution in [0.4, 0.5) is 11.4 Å². The highest BCUT2D eigenvalue weighted by atomic mass is 79.9. The summed E-state index contributed by atoms with van der Waals surface area (Å²) in [6.07, 6.45) is 4.47. The standard InChI is InChI=1S/C41H51BrN4O7/c1-7-44(8-2)28-18-20-29(21-19-28)45-22-14-10-13-17-32(48)43(6)26(5)35(27-15-11-9-12-16-27)52-40(51)33-34-38(49)46(31(24-47)25(3)4)37(39(45)50)41(34)23-30(42)36(33)53-41/h9-12,14-16,18-21,23,25-26,31,33-37,47H,7-8,13,17,22,24H2,1-6H3/b14-10-/t26-,31-,33+,34-,35+,36+,37+,41-/m0/s1. The van der Waals surface area contributed by atoms with Gasteiger partial charge in [0.1, 0.15) is 29.8 Å². The van der Waals surface area contributed by atoms with E-state index in [1.165, 1.54) is 4.90 Å². The number of benzene rings is 2. The number of likely N-dealkylation sites (tertiary alicyclic amines) is 1. The van der Waals surface area contributed by atoms with E-state index in [0.717, 1.165) is 18.8 Å². The third kappa shape index (κ3) is 6.82. The number of carbonyl (C=O) groups excluding carboxylic acids is 4. The number of nitrogens with zero attached hydrogens (tertiary/aromatic N) is 4. The lowest BCUT2D eigenvalue weighted by molar-refractivity contribution is -0.164. The molecule has 2 fully saturated rings. The van der Waals surface area contributed by atoms with Gasteiger partial charge in [0.05, 0.1) is 24.6 Å². The zero-order valence-corrected chi connectivity index (χ0v) is 32.9. The number of anilines is 2. The number of esters is 1. The van der Waals surface area contributed by atoms with Crippen molar-refractivity contribution in [3.8, 4) is 0 Å². The Morgan fingerprint density at radius 2 is 1.64 bits per heavy atom. The molecule has 4 aliphatic heterocycles. The molecule has 0 radical (unpaired) electrons. The average molecular weight is 792 g/mol. The maximum Gasteiger partial charge on any atom is 0.313 e. The molecule has 1 spiro atoms. The van der Waals surface area contributed by atoms with Gasteiger partial charge in [-0.2, -0.15) is 0 Å². The summed E-state index contributed by atoms with van der Waals surface area (Å²) in [5.41, 5.74) is 0.823. The van der Waals surface area contributed by atoms with E-state index in [1.807, 2.05) is 87.5 Å². The minimum atomic E-state index is -1.51. The van der Waals surface area contributed by atoms with Crippen LogP contribution >= 0.6 is 15.9 Å². The molecule has 4 aliphatic rings. The van der Waals surface area contributed by atoms with Crippen molar-refractivity contribution in [2.75, 3.05) is 43.1 Å². The zero-order valence-electron chi connectivity index (χ0n) is 31.4. The van der Waals surface area contributed by atoms with E-state index < -0.39 is 65.6 Å². The van der Waals surface area contributed by atoms with E-state index in [2.05, 4.69) is 34.7 Å². The van der Waals surface area contributed by atoms with Crippen LogP contribution in [0.2, 0.25) is 0 Å². The van der Waals surface area contributed by atoms with Crippen LogP contribution in [-0.4, -0.2) is 102 Å². The Balaban J connectivity index is 1.50. The number of fused-ring (bicyclic) bond motifs is 2. The van der Waals surface area contributed by atoms with Crippen molar-refractivity contribution < 1.29 is 33.8 Å². The number of hydrogen-bond acceptors (Lipinski definition) is 8. The fraction of sp³-hybridized carbons (Fsp3) is 0.512. The van der Waals surface area contributed by atoms with E-state index in [4.69, 9.17) is 9.47 Å². The number of carbonyl (C=O) groups is 4. The number of allylic oxidation sites excluding steroid dienone is 1. The van der Waals surface area contributed by atoms with Crippen LogP contribution in [0.3, 0.4) is 0 Å². The molecule has 2 aromatic rings. The molecule has 0 aromatic heterocycles. The summed E-state index contributed by atoms with van der Waals surface area (Å²) in [4.78, 5) is 65.2. The first-order chi connectivity index (χ1) is 25.4. The van der Waals surface area contributed by atoms with Gasteiger partial charge in [-0.05, 0) is 69.0 Å². The minimum absolute atomic E-state index is 0.120. The summed E-state index contributed by atoms with van der Waals surface area (Å²) < 4.78 is 13.6. The SMILES string of the molecule is CCN(CC)c1ccc(N2C/C=C\CCC(=O)N(C)[C@@H](C)[C@H](c3ccccc3)OC(=O)[C@H]3[C@@H]4O[C@@]5(C=C4Br)[C@@H]3C(=O)N([C@@H](CO)C(C)C)[C@@H]5C2=O)cc1. The summed E-state index contributed by atoms with van der Waals surface area (Å²) >= 11 is 3.64. The highest BCUT2D eigenvalue weighted by Crippen LogP contribution is 2.59. The maximum absolute atomic E-state index is 15.3. The number of hydrogen-bond donors (Lipinski definition) is 1. The lowest BCUT2D eigenvalue weighted by atomic mass is 9.74. The second kappa shape index (κ2) is 15.8. The predicted molar refractivity (Wildman–Crippen MR) is 206 cm³/mol. The van der Waals surface area contributed by atoms with Crippen LogP contribution in [-0.2, 0) is 28.7 Å². The maximum atomic E-state index is 15.3. The Hall–Kier alpha value is -4.00. The Bertz CT molecular complexity index is 1750. The van der Waals surface area contributed by atoms with E-state index in [9.17, 15) is 19.5 Å². The number of cyclic esters (lactones) is 1. The molecule has 12 heteroatoms. The highest BCUT2D eigenvalue weighted by molar-refractivity contribution is 9.11. The van der Waals surface area contributed by atoms with Crippen LogP contribution in [0.15, 0.2) is 77.3 Å². The molecule has 0 unspecified atom stereocenters. The molecule has 6 rings (SSSR count). The van der Waals surface area contributed by atoms with Gasteiger partial charge in [-0.15, -0.1) is 0 Å². The zero-order chi connectivity index (χ0) is 38.2. The van der Waals surface area contributed by atoms with Gasteiger partial charge in [0.25, 0.3) is 5.91 Å². The van der Waals surface area contributed by atoms with Crippen molar-refractivity contribution in [3.63, 3.8) is 0 Å².